The van der Waals surface area contributed by atoms with Gasteiger partial charge in [0.2, 0.25) is 0 Å². The molecule has 10 rings (SSSR count). The molecule has 8 heteroatoms. The molecule has 492 valence electrons. The summed E-state index contributed by atoms with van der Waals surface area (Å²) in [6.07, 6.45) is 2.21. The number of rotatable bonds is 15. The van der Waals surface area contributed by atoms with Crippen LogP contribution in [0.3, 0.4) is 0 Å². The third kappa shape index (κ3) is 14.0. The lowest BCUT2D eigenvalue weighted by Crippen LogP contribution is -2.25. The fourth-order valence-corrected chi connectivity index (χ4v) is 14.5. The van der Waals surface area contributed by atoms with E-state index in [4.69, 9.17) is 9.47 Å². The first kappa shape index (κ1) is 68.3. The second-order valence-electron chi connectivity index (χ2n) is 34.7. The molecule has 8 aromatic carbocycles. The van der Waals surface area contributed by atoms with Crippen LogP contribution >= 0.6 is 0 Å². The first-order valence-corrected chi connectivity index (χ1v) is 33.8. The summed E-state index contributed by atoms with van der Waals surface area (Å²) in [5.74, 6) is -0.0616. The normalized spacial score (nSPS) is 13.7. The molecular formula is C85H104F2N2O4. The molecule has 0 saturated heterocycles. The van der Waals surface area contributed by atoms with Crippen LogP contribution in [0.4, 0.5) is 8.78 Å². The smallest absolute Gasteiger partial charge is 0.147 e. The Morgan fingerprint density at radius 3 is 1.01 bits per heavy atom. The molecule has 10 aromatic rings. The van der Waals surface area contributed by atoms with E-state index >= 15 is 8.78 Å². The highest BCUT2D eigenvalue weighted by Gasteiger charge is 2.34. The summed E-state index contributed by atoms with van der Waals surface area (Å²) in [5.41, 5.74) is 12.4. The predicted octanol–water partition coefficient (Wildman–Crippen LogP) is 24.1. The van der Waals surface area contributed by atoms with Gasteiger partial charge in [-0.1, -0.05) is 184 Å². The van der Waals surface area contributed by atoms with Gasteiger partial charge in [-0.15, -0.1) is 0 Å². The molecule has 0 amide bonds. The third-order valence-corrected chi connectivity index (χ3v) is 19.1. The summed E-state index contributed by atoms with van der Waals surface area (Å²) in [6, 6.07) is 44.1. The first-order valence-electron chi connectivity index (χ1n) is 33.8. The Bertz CT molecular complexity index is 4350. The van der Waals surface area contributed by atoms with Crippen molar-refractivity contribution in [3.8, 4) is 56.6 Å². The lowest BCUT2D eigenvalue weighted by Gasteiger charge is -2.34. The number of phenols is 2. The van der Waals surface area contributed by atoms with Crippen LogP contribution in [-0.2, 0) is 32.5 Å². The molecule has 2 N–H and O–H groups in total. The quantitative estimate of drug-likeness (QED) is 0.107. The highest BCUT2D eigenvalue weighted by molar-refractivity contribution is 6.11. The van der Waals surface area contributed by atoms with Crippen molar-refractivity contribution in [3.63, 3.8) is 0 Å². The summed E-state index contributed by atoms with van der Waals surface area (Å²) < 4.78 is 50.4. The highest BCUT2D eigenvalue weighted by atomic mass is 19.1. The van der Waals surface area contributed by atoms with Crippen LogP contribution in [0.5, 0.6) is 23.0 Å². The van der Waals surface area contributed by atoms with Gasteiger partial charge in [-0.05, 0) is 205 Å². The Morgan fingerprint density at radius 1 is 0.376 bits per heavy atom. The number of phenolic OH excluding ortho intramolecular Hbond substituents is 2. The predicted molar refractivity (Wildman–Crippen MR) is 389 cm³/mol. The Labute approximate surface area is 554 Å². The molecule has 0 aliphatic carbocycles. The maximum absolute atomic E-state index is 16.1. The first-order chi connectivity index (χ1) is 42.9. The Balaban J connectivity index is 1.06. The standard InChI is InChI=1S/C85H104F2N2O4/c1-24-59(93-75-36-30-58(87)48-65(75)67-44-56(85(22,23)50-79(5,6)7)46-73(77(67)91)89-70-33-27-53(82(14,15)16)41-62(70)63-42-54(83(17,18)19)28-34-71(63)89)37-38-92-74-35-29-57(86)47-64(74)66-43-55(84(20,21)49-78(2,3)4)45-72(76(66)90)88-68-31-25-51(80(8,9)10)39-60(68)61-40-52(81(11,12)13)26-32-69(61)88/h25-36,39-48,59,90-91H,24,37-38,49-50H2,1-23H3. The molecule has 0 bridgehead atoms. The SMILES string of the molecule is CCC(CCOc1ccc(F)cc1-c1cc(C(C)(C)CC(C)(C)C)cc(-n2c3ccc(C(C)(C)C)cc3c3cc(C(C)(C)C)ccc32)c1O)Oc1ccc(F)cc1-c1cc(C(C)(C)CC(C)(C)C)cc(-n2c3ccc(C(C)(C)C)cc3c3cc(C(C)(C)C)ccc32)c1O. The van der Waals surface area contributed by atoms with E-state index in [0.29, 0.717) is 58.0 Å². The molecule has 93 heavy (non-hydrogen) atoms. The van der Waals surface area contributed by atoms with Crippen LogP contribution in [0.25, 0.3) is 77.2 Å². The van der Waals surface area contributed by atoms with Crippen molar-refractivity contribution in [2.75, 3.05) is 6.61 Å². The molecule has 0 spiro atoms. The molecule has 2 heterocycles. The average molecular weight is 1260 g/mol. The van der Waals surface area contributed by atoms with E-state index in [0.717, 1.165) is 67.6 Å². The van der Waals surface area contributed by atoms with Gasteiger partial charge in [-0.25, -0.2) is 8.78 Å². The minimum atomic E-state index is -0.461. The van der Waals surface area contributed by atoms with Crippen LogP contribution < -0.4 is 9.47 Å². The maximum Gasteiger partial charge on any atom is 0.147 e. The fourth-order valence-electron chi connectivity index (χ4n) is 14.5. The molecular weight excluding hydrogens is 1150 g/mol. The zero-order valence-electron chi connectivity index (χ0n) is 60.2. The zero-order valence-corrected chi connectivity index (χ0v) is 60.2. The van der Waals surface area contributed by atoms with E-state index in [1.807, 2.05) is 19.1 Å². The monoisotopic (exact) mass is 1250 g/mol. The lowest BCUT2D eigenvalue weighted by molar-refractivity contribution is 0.158. The molecule has 0 radical (unpaired) electrons. The second kappa shape index (κ2) is 24.0. The van der Waals surface area contributed by atoms with Crippen LogP contribution in [-0.4, -0.2) is 32.1 Å². The van der Waals surface area contributed by atoms with E-state index in [2.05, 4.69) is 246 Å². The molecule has 0 saturated carbocycles. The van der Waals surface area contributed by atoms with Crippen molar-refractivity contribution in [3.05, 3.63) is 178 Å². The van der Waals surface area contributed by atoms with Gasteiger partial charge in [-0.3, -0.25) is 0 Å². The van der Waals surface area contributed by atoms with Crippen molar-refractivity contribution in [2.24, 2.45) is 10.8 Å². The number of halogens is 2. The topological polar surface area (TPSA) is 68.8 Å². The highest BCUT2D eigenvalue weighted by Crippen LogP contribution is 2.51. The van der Waals surface area contributed by atoms with Crippen molar-refractivity contribution in [2.45, 2.75) is 224 Å². The van der Waals surface area contributed by atoms with Crippen molar-refractivity contribution in [1.82, 2.24) is 9.13 Å². The summed E-state index contributed by atoms with van der Waals surface area (Å²) in [7, 11) is 0. The summed E-state index contributed by atoms with van der Waals surface area (Å²) in [5, 5.41) is 30.6. The largest absolute Gasteiger partial charge is 0.505 e. The van der Waals surface area contributed by atoms with Crippen LogP contribution in [0.2, 0.25) is 0 Å². The van der Waals surface area contributed by atoms with Crippen molar-refractivity contribution in [1.29, 1.82) is 0 Å². The summed E-state index contributed by atoms with van der Waals surface area (Å²) in [4.78, 5) is 0. The van der Waals surface area contributed by atoms with E-state index in [1.165, 1.54) is 46.5 Å². The van der Waals surface area contributed by atoms with E-state index in [9.17, 15) is 10.2 Å². The number of aromatic nitrogens is 2. The molecule has 2 aromatic heterocycles. The van der Waals surface area contributed by atoms with Gasteiger partial charge >= 0.3 is 0 Å². The minimum Gasteiger partial charge on any atom is -0.505 e. The Hall–Kier alpha value is -7.58. The summed E-state index contributed by atoms with van der Waals surface area (Å²) >= 11 is 0. The minimum absolute atomic E-state index is 0.0118. The number of hydrogen-bond acceptors (Lipinski definition) is 4. The zero-order chi connectivity index (χ0) is 68.2. The van der Waals surface area contributed by atoms with E-state index in [1.54, 1.807) is 12.1 Å². The van der Waals surface area contributed by atoms with Crippen molar-refractivity contribution < 1.29 is 28.5 Å². The number of ether oxygens (including phenoxy) is 2. The van der Waals surface area contributed by atoms with E-state index < -0.39 is 17.7 Å². The maximum atomic E-state index is 16.1. The van der Waals surface area contributed by atoms with Gasteiger partial charge < -0.3 is 28.8 Å². The Kier molecular flexibility index (Phi) is 17.6. The number of fused-ring (bicyclic) bond motifs is 6. The number of aromatic hydroxyl groups is 2. The second-order valence-corrected chi connectivity index (χ2v) is 34.7. The summed E-state index contributed by atoms with van der Waals surface area (Å²) in [6.45, 7) is 51.5. The molecule has 0 aliphatic heterocycles. The van der Waals surface area contributed by atoms with Crippen molar-refractivity contribution >= 4 is 43.6 Å². The van der Waals surface area contributed by atoms with Gasteiger partial charge in [0, 0.05) is 50.2 Å². The van der Waals surface area contributed by atoms with Gasteiger partial charge in [0.15, 0.2) is 0 Å². The number of benzene rings is 8. The number of nitrogens with zero attached hydrogens (tertiary/aromatic N) is 2. The molecule has 1 atom stereocenters. The lowest BCUT2D eigenvalue weighted by atomic mass is 9.71. The molecule has 0 aliphatic rings. The third-order valence-electron chi connectivity index (χ3n) is 19.1. The van der Waals surface area contributed by atoms with Gasteiger partial charge in [0.05, 0.1) is 40.0 Å². The fraction of sp³-hybridized carbons (Fsp3) is 0.435. The Morgan fingerprint density at radius 2 is 0.699 bits per heavy atom. The molecule has 0 fully saturated rings. The van der Waals surface area contributed by atoms with Crippen LogP contribution in [0.15, 0.2) is 133 Å². The van der Waals surface area contributed by atoms with Gasteiger partial charge in [0.1, 0.15) is 40.7 Å². The van der Waals surface area contributed by atoms with Crippen LogP contribution in [0.1, 0.15) is 218 Å². The van der Waals surface area contributed by atoms with E-state index in [-0.39, 0.29) is 61.4 Å². The van der Waals surface area contributed by atoms with Gasteiger partial charge in [-0.2, -0.15) is 0 Å². The molecule has 1 unspecified atom stereocenters. The average Bonchev–Trinajstić information content (AvgIpc) is 1.61. The van der Waals surface area contributed by atoms with Crippen LogP contribution in [0, 0.1) is 22.5 Å². The van der Waals surface area contributed by atoms with Gasteiger partial charge in [0.25, 0.3) is 0 Å². The number of hydrogen-bond donors (Lipinski definition) is 2. The molecule has 6 nitrogen and oxygen atoms in total.